The molecule has 0 saturated carbocycles. The first kappa shape index (κ1) is 18.1. The average molecular weight is 358 g/mol. The van der Waals surface area contributed by atoms with E-state index in [0.29, 0.717) is 22.3 Å². The number of amides is 2. The van der Waals surface area contributed by atoms with Gasteiger partial charge in [0.2, 0.25) is 0 Å². The summed E-state index contributed by atoms with van der Waals surface area (Å²) in [6.07, 6.45) is -0.00437. The van der Waals surface area contributed by atoms with E-state index in [1.165, 1.54) is 0 Å². The Bertz CT molecular complexity index is 869. The van der Waals surface area contributed by atoms with Crippen LogP contribution in [0.15, 0.2) is 84.9 Å². The largest absolute Gasteiger partial charge is 0.328 e. The van der Waals surface area contributed by atoms with Gasteiger partial charge in [-0.3, -0.25) is 14.4 Å². The Hall–Kier alpha value is -3.73. The molecule has 0 atom stereocenters. The number of aldehydes is 1. The first-order valence-electron chi connectivity index (χ1n) is 8.44. The van der Waals surface area contributed by atoms with Crippen LogP contribution in [0.3, 0.4) is 0 Å². The molecule has 5 nitrogen and oxygen atoms in total. The highest BCUT2D eigenvalue weighted by molar-refractivity contribution is 5.96. The fourth-order valence-electron chi connectivity index (χ4n) is 2.58. The lowest BCUT2D eigenvalue weighted by atomic mass is 10.1. The molecule has 0 aliphatic rings. The van der Waals surface area contributed by atoms with Crippen molar-refractivity contribution in [3.8, 4) is 0 Å². The molecule has 0 aromatic heterocycles. The van der Waals surface area contributed by atoms with Gasteiger partial charge in [0.25, 0.3) is 11.8 Å². The normalized spacial score (nSPS) is 10.3. The Morgan fingerprint density at radius 3 is 1.52 bits per heavy atom. The van der Waals surface area contributed by atoms with E-state index in [4.69, 9.17) is 0 Å². The summed E-state index contributed by atoms with van der Waals surface area (Å²) in [5, 5.41) is 5.66. The molecule has 0 aliphatic heterocycles. The molecule has 134 valence electrons. The molecule has 0 radical (unpaired) electrons. The minimum atomic E-state index is -0.744. The summed E-state index contributed by atoms with van der Waals surface area (Å²) < 4.78 is 0. The SMILES string of the molecule is O=Cc1ccc(C(NC(=O)c2ccccc2)NC(=O)c2ccccc2)cc1. The zero-order valence-electron chi connectivity index (χ0n) is 14.5. The van der Waals surface area contributed by atoms with E-state index in [-0.39, 0.29) is 11.8 Å². The fraction of sp³-hybridized carbons (Fsp3) is 0.0455. The fourth-order valence-corrected chi connectivity index (χ4v) is 2.58. The maximum atomic E-state index is 12.6. The summed E-state index contributed by atoms with van der Waals surface area (Å²) in [7, 11) is 0. The van der Waals surface area contributed by atoms with Crippen LogP contribution in [-0.4, -0.2) is 18.1 Å². The van der Waals surface area contributed by atoms with Crippen LogP contribution < -0.4 is 10.6 Å². The van der Waals surface area contributed by atoms with Gasteiger partial charge in [-0.05, 0) is 29.8 Å². The lowest BCUT2D eigenvalue weighted by Gasteiger charge is -2.21. The van der Waals surface area contributed by atoms with Gasteiger partial charge in [0.1, 0.15) is 12.5 Å². The van der Waals surface area contributed by atoms with E-state index < -0.39 is 6.17 Å². The Balaban J connectivity index is 1.84. The summed E-state index contributed by atoms with van der Waals surface area (Å²) in [5.74, 6) is -0.623. The molecule has 2 amide bonds. The predicted molar refractivity (Wildman–Crippen MR) is 102 cm³/mol. The number of nitrogens with one attached hydrogen (secondary N) is 2. The van der Waals surface area contributed by atoms with Gasteiger partial charge in [-0.1, -0.05) is 60.7 Å². The molecule has 0 heterocycles. The smallest absolute Gasteiger partial charge is 0.253 e. The summed E-state index contributed by atoms with van der Waals surface area (Å²) >= 11 is 0. The van der Waals surface area contributed by atoms with Crippen LogP contribution in [0.2, 0.25) is 0 Å². The highest BCUT2D eigenvalue weighted by Gasteiger charge is 2.18. The molecule has 2 N–H and O–H groups in total. The standard InChI is InChI=1S/C22H18N2O3/c25-15-16-11-13-17(14-12-16)20(23-21(26)18-7-3-1-4-8-18)24-22(27)19-9-5-2-6-10-19/h1-15,20H,(H,23,26)(H,24,27). The predicted octanol–water partition coefficient (Wildman–Crippen LogP) is 3.36. The number of carbonyl (C=O) groups is 3. The van der Waals surface area contributed by atoms with Crippen molar-refractivity contribution < 1.29 is 14.4 Å². The summed E-state index contributed by atoms with van der Waals surface area (Å²) in [4.78, 5) is 36.0. The molecule has 0 bridgehead atoms. The molecule has 0 saturated heterocycles. The van der Waals surface area contributed by atoms with Crippen LogP contribution in [-0.2, 0) is 0 Å². The maximum Gasteiger partial charge on any atom is 0.253 e. The molecule has 3 aromatic rings. The Kier molecular flexibility index (Phi) is 5.74. The van der Waals surface area contributed by atoms with Crippen molar-refractivity contribution in [3.05, 3.63) is 107 Å². The minimum Gasteiger partial charge on any atom is -0.328 e. The van der Waals surface area contributed by atoms with Gasteiger partial charge in [-0.25, -0.2) is 0 Å². The summed E-state index contributed by atoms with van der Waals surface area (Å²) in [5.41, 5.74) is 2.15. The van der Waals surface area contributed by atoms with Crippen LogP contribution in [0.5, 0.6) is 0 Å². The first-order chi connectivity index (χ1) is 13.2. The van der Waals surface area contributed by atoms with Crippen LogP contribution in [0, 0.1) is 0 Å². The number of benzene rings is 3. The van der Waals surface area contributed by atoms with Gasteiger partial charge in [0, 0.05) is 16.7 Å². The number of carbonyl (C=O) groups excluding carboxylic acids is 3. The van der Waals surface area contributed by atoms with Crippen LogP contribution in [0.4, 0.5) is 0 Å². The van der Waals surface area contributed by atoms with Crippen LogP contribution in [0.25, 0.3) is 0 Å². The van der Waals surface area contributed by atoms with Gasteiger partial charge in [-0.2, -0.15) is 0 Å². The van der Waals surface area contributed by atoms with Crippen molar-refractivity contribution in [2.24, 2.45) is 0 Å². The van der Waals surface area contributed by atoms with Crippen molar-refractivity contribution >= 4 is 18.1 Å². The van der Waals surface area contributed by atoms with Crippen LogP contribution >= 0.6 is 0 Å². The lowest BCUT2D eigenvalue weighted by molar-refractivity contribution is 0.0882. The molecule has 5 heteroatoms. The van der Waals surface area contributed by atoms with Gasteiger partial charge < -0.3 is 10.6 Å². The molecule has 3 rings (SSSR count). The molecule has 0 fully saturated rings. The Morgan fingerprint density at radius 2 is 1.11 bits per heavy atom. The van der Waals surface area contributed by atoms with Gasteiger partial charge in [0.15, 0.2) is 0 Å². The van der Waals surface area contributed by atoms with Crippen molar-refractivity contribution in [2.45, 2.75) is 6.17 Å². The van der Waals surface area contributed by atoms with E-state index in [2.05, 4.69) is 10.6 Å². The number of rotatable bonds is 6. The Morgan fingerprint density at radius 1 is 0.667 bits per heavy atom. The zero-order valence-corrected chi connectivity index (χ0v) is 14.5. The topological polar surface area (TPSA) is 75.3 Å². The van der Waals surface area contributed by atoms with Crippen molar-refractivity contribution in [2.75, 3.05) is 0 Å². The van der Waals surface area contributed by atoms with Crippen molar-refractivity contribution in [3.63, 3.8) is 0 Å². The quantitative estimate of drug-likeness (QED) is 0.524. The summed E-state index contributed by atoms with van der Waals surface area (Å²) in [6.45, 7) is 0. The second kappa shape index (κ2) is 8.58. The van der Waals surface area contributed by atoms with Crippen molar-refractivity contribution in [1.82, 2.24) is 10.6 Å². The molecule has 0 aliphatic carbocycles. The van der Waals surface area contributed by atoms with E-state index in [1.54, 1.807) is 72.8 Å². The van der Waals surface area contributed by atoms with E-state index in [1.807, 2.05) is 12.1 Å². The van der Waals surface area contributed by atoms with Gasteiger partial charge in [0.05, 0.1) is 0 Å². The first-order valence-corrected chi connectivity index (χ1v) is 8.44. The maximum absolute atomic E-state index is 12.6. The summed E-state index contributed by atoms with van der Waals surface area (Å²) in [6, 6.07) is 24.2. The molecule has 3 aromatic carbocycles. The minimum absolute atomic E-state index is 0.312. The lowest BCUT2D eigenvalue weighted by Crippen LogP contribution is -2.41. The second-order valence-electron chi connectivity index (χ2n) is 5.90. The van der Waals surface area contributed by atoms with E-state index >= 15 is 0 Å². The van der Waals surface area contributed by atoms with Crippen molar-refractivity contribution in [1.29, 1.82) is 0 Å². The third kappa shape index (κ3) is 4.67. The van der Waals surface area contributed by atoms with Crippen LogP contribution in [0.1, 0.15) is 42.8 Å². The third-order valence-electron chi connectivity index (χ3n) is 4.03. The van der Waals surface area contributed by atoms with E-state index in [0.717, 1.165) is 6.29 Å². The number of hydrogen-bond acceptors (Lipinski definition) is 3. The molecular formula is C22H18N2O3. The molecule has 0 unspecified atom stereocenters. The monoisotopic (exact) mass is 358 g/mol. The number of hydrogen-bond donors (Lipinski definition) is 2. The van der Waals surface area contributed by atoms with E-state index in [9.17, 15) is 14.4 Å². The molecular weight excluding hydrogens is 340 g/mol. The Labute approximate surface area is 157 Å². The average Bonchev–Trinajstić information content (AvgIpc) is 2.74. The second-order valence-corrected chi connectivity index (χ2v) is 5.90. The highest BCUT2D eigenvalue weighted by Crippen LogP contribution is 2.14. The zero-order chi connectivity index (χ0) is 19.1. The molecule has 0 spiro atoms. The van der Waals surface area contributed by atoms with Gasteiger partial charge in [-0.15, -0.1) is 0 Å². The van der Waals surface area contributed by atoms with Gasteiger partial charge >= 0.3 is 0 Å². The highest BCUT2D eigenvalue weighted by atomic mass is 16.2. The third-order valence-corrected chi connectivity index (χ3v) is 4.03. The molecule has 27 heavy (non-hydrogen) atoms.